The molecule has 1 amide bonds. The Labute approximate surface area is 134 Å². The Bertz CT molecular complexity index is 342. The van der Waals surface area contributed by atoms with Gasteiger partial charge in [0.25, 0.3) is 0 Å². The number of carbonyl (C=O) groups is 1. The first-order chi connectivity index (χ1) is 10.4. The van der Waals surface area contributed by atoms with Gasteiger partial charge in [-0.3, -0.25) is 0 Å². The van der Waals surface area contributed by atoms with E-state index < -0.39 is 5.60 Å². The highest BCUT2D eigenvalue weighted by Gasteiger charge is 2.27. The molecule has 22 heavy (non-hydrogen) atoms. The van der Waals surface area contributed by atoms with E-state index in [1.165, 1.54) is 25.7 Å². The number of alkyl carbamates (subject to hydrolysis) is 1. The lowest BCUT2D eigenvalue weighted by molar-refractivity contribution is 0.0515. The maximum absolute atomic E-state index is 11.9. The Morgan fingerprint density at radius 2 is 1.95 bits per heavy atom. The summed E-state index contributed by atoms with van der Waals surface area (Å²) < 4.78 is 11.0. The zero-order valence-electron chi connectivity index (χ0n) is 14.3. The van der Waals surface area contributed by atoms with Crippen molar-refractivity contribution in [1.82, 2.24) is 10.6 Å². The number of rotatable bonds is 6. The van der Waals surface area contributed by atoms with Crippen LogP contribution in [0.15, 0.2) is 0 Å². The minimum absolute atomic E-state index is 0.319. The van der Waals surface area contributed by atoms with Gasteiger partial charge in [-0.15, -0.1) is 0 Å². The van der Waals surface area contributed by atoms with Crippen LogP contribution in [0.25, 0.3) is 0 Å². The Hall–Kier alpha value is -0.810. The highest BCUT2D eigenvalue weighted by atomic mass is 16.6. The predicted molar refractivity (Wildman–Crippen MR) is 87.0 cm³/mol. The fourth-order valence-corrected chi connectivity index (χ4v) is 3.36. The monoisotopic (exact) mass is 312 g/mol. The van der Waals surface area contributed by atoms with Gasteiger partial charge >= 0.3 is 6.09 Å². The lowest BCUT2D eigenvalue weighted by atomic mass is 9.97. The third kappa shape index (κ3) is 6.13. The van der Waals surface area contributed by atoms with Crippen LogP contribution in [0.4, 0.5) is 4.79 Å². The van der Waals surface area contributed by atoms with Crippen LogP contribution in [0.1, 0.15) is 59.3 Å². The van der Waals surface area contributed by atoms with Crippen LogP contribution in [0.5, 0.6) is 0 Å². The van der Waals surface area contributed by atoms with Gasteiger partial charge in [0.05, 0.1) is 6.10 Å². The molecular weight excluding hydrogens is 280 g/mol. The van der Waals surface area contributed by atoms with Gasteiger partial charge in [-0.1, -0.05) is 12.8 Å². The van der Waals surface area contributed by atoms with Crippen molar-refractivity contribution in [3.05, 3.63) is 0 Å². The number of nitrogens with one attached hydrogen (secondary N) is 2. The zero-order chi connectivity index (χ0) is 16.0. The minimum atomic E-state index is -0.446. The standard InChI is InChI=1S/C17H32N2O3/c1-17(2,3)22-16(20)19-12-15(13-7-4-5-8-13)18-11-14-9-6-10-21-14/h13-15,18H,4-12H2,1-3H3,(H,19,20). The average Bonchev–Trinajstić information content (AvgIpc) is 3.09. The molecule has 0 spiro atoms. The number of amides is 1. The topological polar surface area (TPSA) is 59.6 Å². The molecule has 2 rings (SSSR count). The van der Waals surface area contributed by atoms with Crippen molar-refractivity contribution >= 4 is 6.09 Å². The lowest BCUT2D eigenvalue weighted by Crippen LogP contribution is -2.48. The summed E-state index contributed by atoms with van der Waals surface area (Å²) in [7, 11) is 0. The molecule has 2 fully saturated rings. The van der Waals surface area contributed by atoms with Crippen molar-refractivity contribution in [2.45, 2.75) is 77.0 Å². The van der Waals surface area contributed by atoms with Gasteiger partial charge in [0.2, 0.25) is 0 Å². The van der Waals surface area contributed by atoms with E-state index in [0.29, 0.717) is 24.6 Å². The molecule has 2 atom stereocenters. The molecule has 1 saturated carbocycles. The predicted octanol–water partition coefficient (Wildman–Crippen LogP) is 2.84. The molecule has 1 aliphatic heterocycles. The van der Waals surface area contributed by atoms with Crippen molar-refractivity contribution in [2.24, 2.45) is 5.92 Å². The molecule has 0 aromatic carbocycles. The van der Waals surface area contributed by atoms with Crippen LogP contribution in [-0.2, 0) is 9.47 Å². The summed E-state index contributed by atoms with van der Waals surface area (Å²) in [5.41, 5.74) is -0.446. The molecule has 0 aromatic heterocycles. The first kappa shape index (κ1) is 17.5. The van der Waals surface area contributed by atoms with Gasteiger partial charge in [-0.2, -0.15) is 0 Å². The normalized spacial score (nSPS) is 24.4. The van der Waals surface area contributed by atoms with E-state index in [1.54, 1.807) is 0 Å². The van der Waals surface area contributed by atoms with Crippen molar-refractivity contribution in [2.75, 3.05) is 19.7 Å². The third-order valence-electron chi connectivity index (χ3n) is 4.47. The molecule has 0 radical (unpaired) electrons. The van der Waals surface area contributed by atoms with Crippen LogP contribution in [0.3, 0.4) is 0 Å². The largest absolute Gasteiger partial charge is 0.444 e. The number of carbonyl (C=O) groups excluding carboxylic acids is 1. The molecule has 1 heterocycles. The van der Waals surface area contributed by atoms with Crippen molar-refractivity contribution in [1.29, 1.82) is 0 Å². The second-order valence-corrected chi connectivity index (χ2v) is 7.58. The Morgan fingerprint density at radius 1 is 1.23 bits per heavy atom. The van der Waals surface area contributed by atoms with Crippen LogP contribution in [-0.4, -0.2) is 43.5 Å². The van der Waals surface area contributed by atoms with Gasteiger partial charge in [0.15, 0.2) is 0 Å². The zero-order valence-corrected chi connectivity index (χ0v) is 14.3. The summed E-state index contributed by atoms with van der Waals surface area (Å²) in [6.07, 6.45) is 7.42. The number of hydrogen-bond donors (Lipinski definition) is 2. The summed E-state index contributed by atoms with van der Waals surface area (Å²) in [5, 5.41) is 6.55. The Morgan fingerprint density at radius 3 is 2.55 bits per heavy atom. The summed E-state index contributed by atoms with van der Waals surface area (Å²) in [6, 6.07) is 0.319. The van der Waals surface area contributed by atoms with E-state index in [2.05, 4.69) is 10.6 Å². The fraction of sp³-hybridized carbons (Fsp3) is 0.941. The smallest absolute Gasteiger partial charge is 0.407 e. The van der Waals surface area contributed by atoms with E-state index in [0.717, 1.165) is 26.0 Å². The van der Waals surface area contributed by atoms with Crippen LogP contribution >= 0.6 is 0 Å². The quantitative estimate of drug-likeness (QED) is 0.792. The van der Waals surface area contributed by atoms with Crippen LogP contribution in [0.2, 0.25) is 0 Å². The summed E-state index contributed by atoms with van der Waals surface area (Å²) >= 11 is 0. The van der Waals surface area contributed by atoms with E-state index in [9.17, 15) is 4.79 Å². The SMILES string of the molecule is CC(C)(C)OC(=O)NCC(NCC1CCCO1)C1CCCC1. The molecule has 2 aliphatic rings. The molecule has 0 aromatic rings. The van der Waals surface area contributed by atoms with E-state index >= 15 is 0 Å². The molecular formula is C17H32N2O3. The maximum Gasteiger partial charge on any atom is 0.407 e. The molecule has 5 heteroatoms. The number of hydrogen-bond acceptors (Lipinski definition) is 4. The Kier molecular flexibility index (Phi) is 6.50. The first-order valence-corrected chi connectivity index (χ1v) is 8.76. The van der Waals surface area contributed by atoms with Gasteiger partial charge in [0, 0.05) is 25.7 Å². The Balaban J connectivity index is 1.77. The second-order valence-electron chi connectivity index (χ2n) is 7.58. The third-order valence-corrected chi connectivity index (χ3v) is 4.47. The van der Waals surface area contributed by atoms with E-state index in [-0.39, 0.29) is 6.09 Å². The van der Waals surface area contributed by atoms with Crippen molar-refractivity contribution < 1.29 is 14.3 Å². The van der Waals surface area contributed by atoms with Crippen molar-refractivity contribution in [3.8, 4) is 0 Å². The average molecular weight is 312 g/mol. The molecule has 1 saturated heterocycles. The first-order valence-electron chi connectivity index (χ1n) is 8.76. The lowest BCUT2D eigenvalue weighted by Gasteiger charge is -2.27. The van der Waals surface area contributed by atoms with Gasteiger partial charge in [0.1, 0.15) is 5.60 Å². The fourth-order valence-electron chi connectivity index (χ4n) is 3.36. The highest BCUT2D eigenvalue weighted by Crippen LogP contribution is 2.27. The summed E-state index contributed by atoms with van der Waals surface area (Å²) in [5.74, 6) is 0.649. The van der Waals surface area contributed by atoms with Crippen molar-refractivity contribution in [3.63, 3.8) is 0 Å². The molecule has 1 aliphatic carbocycles. The maximum atomic E-state index is 11.9. The number of ether oxygens (including phenoxy) is 2. The minimum Gasteiger partial charge on any atom is -0.444 e. The van der Waals surface area contributed by atoms with E-state index in [4.69, 9.17) is 9.47 Å². The van der Waals surface area contributed by atoms with Crippen LogP contribution < -0.4 is 10.6 Å². The summed E-state index contributed by atoms with van der Waals surface area (Å²) in [6.45, 7) is 8.06. The van der Waals surface area contributed by atoms with Gasteiger partial charge in [-0.25, -0.2) is 4.79 Å². The molecule has 2 N–H and O–H groups in total. The molecule has 0 bridgehead atoms. The molecule has 2 unspecified atom stereocenters. The highest BCUT2D eigenvalue weighted by molar-refractivity contribution is 5.67. The molecule has 5 nitrogen and oxygen atoms in total. The second kappa shape index (κ2) is 8.16. The summed E-state index contributed by atoms with van der Waals surface area (Å²) in [4.78, 5) is 11.9. The van der Waals surface area contributed by atoms with E-state index in [1.807, 2.05) is 20.8 Å². The van der Waals surface area contributed by atoms with Gasteiger partial charge in [-0.05, 0) is 52.4 Å². The molecule has 128 valence electrons. The van der Waals surface area contributed by atoms with Crippen LogP contribution in [0, 0.1) is 5.92 Å². The van der Waals surface area contributed by atoms with Gasteiger partial charge < -0.3 is 20.1 Å².